The molecular formula is C18H27N3O4S. The van der Waals surface area contributed by atoms with Crippen LogP contribution in [0.1, 0.15) is 37.8 Å². The molecule has 2 amide bonds. The first-order valence-corrected chi connectivity index (χ1v) is 10.7. The van der Waals surface area contributed by atoms with Crippen molar-refractivity contribution in [3.63, 3.8) is 0 Å². The van der Waals surface area contributed by atoms with Gasteiger partial charge in [0.2, 0.25) is 21.8 Å². The highest BCUT2D eigenvalue weighted by Gasteiger charge is 2.30. The Labute approximate surface area is 155 Å². The van der Waals surface area contributed by atoms with Crippen LogP contribution in [0.3, 0.4) is 0 Å². The Bertz CT molecular complexity index is 721. The highest BCUT2D eigenvalue weighted by molar-refractivity contribution is 7.88. The fraction of sp³-hybridized carbons (Fsp3) is 0.556. The predicted molar refractivity (Wildman–Crippen MR) is 99.8 cm³/mol. The third-order valence-electron chi connectivity index (χ3n) is 4.50. The van der Waals surface area contributed by atoms with Crippen molar-refractivity contribution in [3.8, 4) is 0 Å². The van der Waals surface area contributed by atoms with Crippen molar-refractivity contribution in [2.24, 2.45) is 0 Å². The van der Waals surface area contributed by atoms with Crippen molar-refractivity contribution >= 4 is 21.8 Å². The number of hydrogen-bond donors (Lipinski definition) is 1. The lowest BCUT2D eigenvalue weighted by Crippen LogP contribution is -2.38. The number of nitrogens with zero attached hydrogens (tertiary/aromatic N) is 2. The number of sulfonamides is 1. The highest BCUT2D eigenvalue weighted by atomic mass is 32.2. The van der Waals surface area contributed by atoms with Crippen LogP contribution >= 0.6 is 0 Å². The minimum absolute atomic E-state index is 0.00371. The average Bonchev–Trinajstić information content (AvgIpc) is 2.64. The molecule has 1 aromatic carbocycles. The molecule has 0 bridgehead atoms. The molecule has 26 heavy (non-hydrogen) atoms. The zero-order valence-corrected chi connectivity index (χ0v) is 16.2. The Balaban J connectivity index is 2.32. The molecule has 1 saturated heterocycles. The van der Waals surface area contributed by atoms with E-state index in [-0.39, 0.29) is 24.8 Å². The Morgan fingerprint density at radius 2 is 1.88 bits per heavy atom. The van der Waals surface area contributed by atoms with E-state index in [1.807, 2.05) is 30.3 Å². The van der Waals surface area contributed by atoms with Gasteiger partial charge in [0, 0.05) is 39.0 Å². The fourth-order valence-electron chi connectivity index (χ4n) is 3.19. The lowest BCUT2D eigenvalue weighted by molar-refractivity contribution is -0.131. The topological polar surface area (TPSA) is 86.8 Å². The summed E-state index contributed by atoms with van der Waals surface area (Å²) in [5.74, 6) is -0.220. The molecule has 8 heteroatoms. The molecule has 0 radical (unpaired) electrons. The zero-order valence-electron chi connectivity index (χ0n) is 15.3. The van der Waals surface area contributed by atoms with E-state index >= 15 is 0 Å². The van der Waals surface area contributed by atoms with Crippen LogP contribution in [0.4, 0.5) is 0 Å². The normalized spacial score (nSPS) is 20.9. The van der Waals surface area contributed by atoms with E-state index in [0.29, 0.717) is 32.5 Å². The number of benzene rings is 1. The summed E-state index contributed by atoms with van der Waals surface area (Å²) in [6, 6.07) is 8.64. The summed E-state index contributed by atoms with van der Waals surface area (Å²) < 4.78 is 26.2. The minimum atomic E-state index is -3.52. The quantitative estimate of drug-likeness (QED) is 0.851. The van der Waals surface area contributed by atoms with Gasteiger partial charge in [-0.15, -0.1) is 0 Å². The lowest BCUT2D eigenvalue weighted by atomic mass is 10.0. The van der Waals surface area contributed by atoms with Crippen molar-refractivity contribution < 1.29 is 18.0 Å². The Kier molecular flexibility index (Phi) is 7.16. The van der Waals surface area contributed by atoms with Crippen LogP contribution in [0.15, 0.2) is 30.3 Å². The Morgan fingerprint density at radius 3 is 2.50 bits per heavy atom. The first-order valence-electron chi connectivity index (χ1n) is 8.89. The number of hydrogen-bond acceptors (Lipinski definition) is 4. The van der Waals surface area contributed by atoms with Gasteiger partial charge in [-0.2, -0.15) is 4.31 Å². The largest absolute Gasteiger partial charge is 0.354 e. The van der Waals surface area contributed by atoms with Crippen LogP contribution in [0, 0.1) is 0 Å². The van der Waals surface area contributed by atoms with Crippen LogP contribution in [0.25, 0.3) is 0 Å². The van der Waals surface area contributed by atoms with E-state index in [2.05, 4.69) is 5.32 Å². The number of carbonyl (C=O) groups excluding carboxylic acids is 2. The van der Waals surface area contributed by atoms with Gasteiger partial charge in [-0.1, -0.05) is 37.3 Å². The molecule has 1 aromatic rings. The summed E-state index contributed by atoms with van der Waals surface area (Å²) in [4.78, 5) is 26.1. The summed E-state index contributed by atoms with van der Waals surface area (Å²) in [6.07, 6.45) is 2.13. The predicted octanol–water partition coefficient (Wildman–Crippen LogP) is 1.14. The van der Waals surface area contributed by atoms with Gasteiger partial charge in [0.1, 0.15) is 0 Å². The standard InChI is InChI=1S/C18H27N3O4S/c1-3-18(23)20-11-7-12-21(26(2,24)25)16(14-17(22)19-10-13-20)15-8-5-4-6-9-15/h4-6,8-9,16H,3,7,10-14H2,1-2H3,(H,19,22). The van der Waals surface area contributed by atoms with Gasteiger partial charge in [-0.25, -0.2) is 8.42 Å². The number of carbonyl (C=O) groups is 2. The van der Waals surface area contributed by atoms with E-state index in [4.69, 9.17) is 0 Å². The third-order valence-corrected chi connectivity index (χ3v) is 5.79. The second-order valence-corrected chi connectivity index (χ2v) is 8.38. The maximum Gasteiger partial charge on any atom is 0.222 e. The Hall–Kier alpha value is -1.93. The molecule has 2 rings (SSSR count). The molecule has 1 aliphatic rings. The SMILES string of the molecule is CCC(=O)N1CCCN(S(C)(=O)=O)C(c2ccccc2)CC(=O)NCC1. The average molecular weight is 381 g/mol. The molecule has 1 fully saturated rings. The van der Waals surface area contributed by atoms with Crippen molar-refractivity contribution in [1.82, 2.24) is 14.5 Å². The van der Waals surface area contributed by atoms with Crippen LogP contribution in [0.5, 0.6) is 0 Å². The van der Waals surface area contributed by atoms with Crippen LogP contribution in [-0.2, 0) is 19.6 Å². The van der Waals surface area contributed by atoms with Gasteiger partial charge >= 0.3 is 0 Å². The molecule has 7 nitrogen and oxygen atoms in total. The van der Waals surface area contributed by atoms with E-state index in [1.54, 1.807) is 11.8 Å². The molecule has 144 valence electrons. The molecule has 1 unspecified atom stereocenters. The first-order chi connectivity index (χ1) is 12.3. The van der Waals surface area contributed by atoms with Crippen molar-refractivity contribution in [1.29, 1.82) is 0 Å². The molecule has 1 N–H and O–H groups in total. The molecule has 0 spiro atoms. The van der Waals surface area contributed by atoms with Gasteiger partial charge in [-0.05, 0) is 12.0 Å². The molecule has 1 heterocycles. The molecule has 1 atom stereocenters. The van der Waals surface area contributed by atoms with E-state index in [9.17, 15) is 18.0 Å². The zero-order chi connectivity index (χ0) is 19.2. The fourth-order valence-corrected chi connectivity index (χ4v) is 4.31. The van der Waals surface area contributed by atoms with Crippen LogP contribution in [-0.4, -0.2) is 61.9 Å². The van der Waals surface area contributed by atoms with Crippen LogP contribution in [0.2, 0.25) is 0 Å². The van der Waals surface area contributed by atoms with Crippen molar-refractivity contribution in [3.05, 3.63) is 35.9 Å². The molecule has 0 saturated carbocycles. The third kappa shape index (κ3) is 5.54. The van der Waals surface area contributed by atoms with E-state index in [0.717, 1.165) is 11.8 Å². The summed E-state index contributed by atoms with van der Waals surface area (Å²) in [7, 11) is -3.52. The summed E-state index contributed by atoms with van der Waals surface area (Å²) in [6.45, 7) is 3.33. The van der Waals surface area contributed by atoms with Crippen molar-refractivity contribution in [2.75, 3.05) is 32.4 Å². The van der Waals surface area contributed by atoms with E-state index in [1.165, 1.54) is 4.31 Å². The molecular weight excluding hydrogens is 354 g/mol. The second kappa shape index (κ2) is 9.14. The maximum absolute atomic E-state index is 12.4. The van der Waals surface area contributed by atoms with E-state index < -0.39 is 16.1 Å². The highest BCUT2D eigenvalue weighted by Crippen LogP contribution is 2.27. The first kappa shape index (κ1) is 20.4. The van der Waals surface area contributed by atoms with Gasteiger partial charge < -0.3 is 10.2 Å². The number of rotatable bonds is 3. The lowest BCUT2D eigenvalue weighted by Gasteiger charge is -2.30. The summed E-state index contributed by atoms with van der Waals surface area (Å²) in [5.41, 5.74) is 0.786. The molecule has 0 aromatic heterocycles. The molecule has 0 aliphatic carbocycles. The van der Waals surface area contributed by atoms with Gasteiger partial charge in [0.05, 0.1) is 12.3 Å². The maximum atomic E-state index is 12.4. The van der Waals surface area contributed by atoms with Gasteiger partial charge in [-0.3, -0.25) is 9.59 Å². The van der Waals surface area contributed by atoms with Gasteiger partial charge in [0.15, 0.2) is 0 Å². The van der Waals surface area contributed by atoms with Gasteiger partial charge in [0.25, 0.3) is 0 Å². The number of amides is 2. The Morgan fingerprint density at radius 1 is 1.19 bits per heavy atom. The van der Waals surface area contributed by atoms with Crippen molar-refractivity contribution in [2.45, 2.75) is 32.2 Å². The minimum Gasteiger partial charge on any atom is -0.354 e. The monoisotopic (exact) mass is 381 g/mol. The summed E-state index contributed by atoms with van der Waals surface area (Å²) >= 11 is 0. The smallest absolute Gasteiger partial charge is 0.222 e. The molecule has 1 aliphatic heterocycles. The van der Waals surface area contributed by atoms with Crippen LogP contribution < -0.4 is 5.32 Å². The second-order valence-electron chi connectivity index (χ2n) is 6.44. The summed E-state index contributed by atoms with van der Waals surface area (Å²) in [5, 5.41) is 2.81. The number of nitrogens with one attached hydrogen (secondary N) is 1.